The molecule has 0 atom stereocenters. The van der Waals surface area contributed by atoms with Gasteiger partial charge in [-0.05, 0) is 55.8 Å². The van der Waals surface area contributed by atoms with Gasteiger partial charge in [0.1, 0.15) is 17.5 Å². The molecule has 0 radical (unpaired) electrons. The number of amides is 1. The van der Waals surface area contributed by atoms with Crippen molar-refractivity contribution in [1.29, 1.82) is 5.26 Å². The van der Waals surface area contributed by atoms with Crippen LogP contribution in [-0.4, -0.2) is 39.5 Å². The lowest BCUT2D eigenvalue weighted by atomic mass is 10.0. The number of ketones is 1. The third kappa shape index (κ3) is 5.67. The summed E-state index contributed by atoms with van der Waals surface area (Å²) in [5, 5.41) is 21.3. The molecule has 5 rings (SSSR count). The van der Waals surface area contributed by atoms with Gasteiger partial charge in [0.05, 0.1) is 21.4 Å². The molecule has 1 amide bonds. The number of carbonyl (C=O) groups excluding carboxylic acids is 2. The Balaban J connectivity index is 1.32. The van der Waals surface area contributed by atoms with E-state index < -0.39 is 0 Å². The van der Waals surface area contributed by atoms with Crippen molar-refractivity contribution < 1.29 is 9.59 Å². The lowest BCUT2D eigenvalue weighted by molar-refractivity contribution is 0.0953. The number of nitriles is 1. The zero-order valence-electron chi connectivity index (χ0n) is 20.9. The highest BCUT2D eigenvalue weighted by Crippen LogP contribution is 2.26. The number of aromatic nitrogens is 3. The van der Waals surface area contributed by atoms with E-state index >= 15 is 0 Å². The second-order valence-corrected chi connectivity index (χ2v) is 10.2. The maximum Gasteiger partial charge on any atom is 0.251 e. The van der Waals surface area contributed by atoms with Gasteiger partial charge in [-0.3, -0.25) is 9.59 Å². The Labute approximate surface area is 233 Å². The zero-order valence-corrected chi connectivity index (χ0v) is 22.5. The van der Waals surface area contributed by atoms with Gasteiger partial charge >= 0.3 is 0 Å². The first-order valence-corrected chi connectivity index (χ1v) is 13.5. The van der Waals surface area contributed by atoms with Gasteiger partial charge < -0.3 is 10.6 Å². The molecule has 0 saturated carbocycles. The second-order valence-electron chi connectivity index (χ2n) is 8.84. The predicted molar refractivity (Wildman–Crippen MR) is 153 cm³/mol. The highest BCUT2D eigenvalue weighted by atomic mass is 35.5. The van der Waals surface area contributed by atoms with Crippen LogP contribution in [-0.2, 0) is 0 Å². The standard InChI is InChI=1S/C29H23ClN6O2S/c1-18-3-5-19(6-4-18)27(37)26-23(16-31)28(36(35-26)22-10-8-21(30)9-11-22)32-13-2-14-33-29(38)20-7-12-24-25(15-20)39-17-34-24/h3-12,15,17,32H,2,13-14H2,1H3,(H,33,38). The van der Waals surface area contributed by atoms with Crippen LogP contribution in [0.1, 0.15) is 44.0 Å². The first kappa shape index (κ1) is 26.1. The number of rotatable bonds is 9. The average Bonchev–Trinajstić information content (AvgIpc) is 3.57. The molecule has 2 aromatic heterocycles. The minimum Gasteiger partial charge on any atom is -0.369 e. The van der Waals surface area contributed by atoms with Crippen LogP contribution in [0.15, 0.2) is 72.2 Å². The van der Waals surface area contributed by atoms with Crippen LogP contribution in [0.3, 0.4) is 0 Å². The molecule has 0 bridgehead atoms. The van der Waals surface area contributed by atoms with E-state index in [1.54, 1.807) is 52.7 Å². The summed E-state index contributed by atoms with van der Waals surface area (Å²) < 4.78 is 2.50. The van der Waals surface area contributed by atoms with Crippen LogP contribution in [0, 0.1) is 18.3 Å². The molecule has 0 aliphatic heterocycles. The van der Waals surface area contributed by atoms with Crippen molar-refractivity contribution in [2.75, 3.05) is 18.4 Å². The number of nitrogens with one attached hydrogen (secondary N) is 2. The number of benzene rings is 3. The Morgan fingerprint density at radius 2 is 1.77 bits per heavy atom. The van der Waals surface area contributed by atoms with Crippen molar-refractivity contribution in [3.05, 3.63) is 105 Å². The lowest BCUT2D eigenvalue weighted by Gasteiger charge is -2.11. The molecule has 8 nitrogen and oxygen atoms in total. The Bertz CT molecular complexity index is 1700. The summed E-state index contributed by atoms with van der Waals surface area (Å²) in [5.41, 5.74) is 5.53. The third-order valence-corrected chi connectivity index (χ3v) is 7.17. The highest BCUT2D eigenvalue weighted by molar-refractivity contribution is 7.16. The molecule has 2 N–H and O–H groups in total. The minimum absolute atomic E-state index is 0.0607. The van der Waals surface area contributed by atoms with Gasteiger partial charge in [0.25, 0.3) is 5.91 Å². The largest absolute Gasteiger partial charge is 0.369 e. The molecular weight excluding hydrogens is 532 g/mol. The van der Waals surface area contributed by atoms with Gasteiger partial charge in [-0.2, -0.15) is 10.4 Å². The molecule has 0 saturated heterocycles. The molecule has 2 heterocycles. The number of anilines is 1. The van der Waals surface area contributed by atoms with Crippen LogP contribution in [0.5, 0.6) is 0 Å². The summed E-state index contributed by atoms with van der Waals surface area (Å²) >= 11 is 7.56. The molecule has 0 unspecified atom stereocenters. The topological polar surface area (TPSA) is 113 Å². The normalized spacial score (nSPS) is 10.8. The molecule has 10 heteroatoms. The molecule has 5 aromatic rings. The van der Waals surface area contributed by atoms with E-state index in [1.807, 2.05) is 31.2 Å². The van der Waals surface area contributed by atoms with Gasteiger partial charge in [0.2, 0.25) is 5.78 Å². The van der Waals surface area contributed by atoms with E-state index in [-0.39, 0.29) is 22.9 Å². The maximum atomic E-state index is 13.3. The third-order valence-electron chi connectivity index (χ3n) is 6.12. The first-order valence-electron chi connectivity index (χ1n) is 12.2. The Morgan fingerprint density at radius 3 is 2.51 bits per heavy atom. The number of halogens is 1. The number of nitrogens with zero attached hydrogens (tertiary/aromatic N) is 4. The van der Waals surface area contributed by atoms with E-state index in [0.29, 0.717) is 47.2 Å². The fraction of sp³-hybridized carbons (Fsp3) is 0.138. The molecule has 0 aliphatic rings. The number of hydrogen-bond acceptors (Lipinski definition) is 7. The van der Waals surface area contributed by atoms with Crippen molar-refractivity contribution in [3.8, 4) is 11.8 Å². The lowest BCUT2D eigenvalue weighted by Crippen LogP contribution is -2.26. The summed E-state index contributed by atoms with van der Waals surface area (Å²) in [6.45, 7) is 2.79. The van der Waals surface area contributed by atoms with E-state index in [1.165, 1.54) is 11.3 Å². The molecule has 0 spiro atoms. The number of fused-ring (bicyclic) bond motifs is 1. The van der Waals surface area contributed by atoms with Crippen LogP contribution in [0.4, 0.5) is 5.82 Å². The van der Waals surface area contributed by atoms with Gasteiger partial charge in [-0.25, -0.2) is 9.67 Å². The van der Waals surface area contributed by atoms with E-state index in [2.05, 4.69) is 26.8 Å². The summed E-state index contributed by atoms with van der Waals surface area (Å²) in [5.74, 6) is -0.107. The molecule has 39 heavy (non-hydrogen) atoms. The fourth-order valence-electron chi connectivity index (χ4n) is 4.05. The number of hydrogen-bond donors (Lipinski definition) is 2. The van der Waals surface area contributed by atoms with Gasteiger partial charge in [0.15, 0.2) is 5.69 Å². The Kier molecular flexibility index (Phi) is 7.68. The fourth-order valence-corrected chi connectivity index (χ4v) is 4.89. The SMILES string of the molecule is Cc1ccc(C(=O)c2nn(-c3ccc(Cl)cc3)c(NCCCNC(=O)c3ccc4ncsc4c3)c2C#N)cc1. The zero-order chi connectivity index (χ0) is 27.4. The smallest absolute Gasteiger partial charge is 0.251 e. The number of carbonyl (C=O) groups is 2. The van der Waals surface area contributed by atoms with E-state index in [9.17, 15) is 14.9 Å². The molecule has 0 aliphatic carbocycles. The van der Waals surface area contributed by atoms with Gasteiger partial charge in [0, 0.05) is 29.2 Å². The summed E-state index contributed by atoms with van der Waals surface area (Å²) in [6, 6.07) is 21.7. The van der Waals surface area contributed by atoms with Crippen molar-refractivity contribution in [3.63, 3.8) is 0 Å². The summed E-state index contributed by atoms with van der Waals surface area (Å²) in [6.07, 6.45) is 0.576. The van der Waals surface area contributed by atoms with Crippen molar-refractivity contribution >= 4 is 50.7 Å². The summed E-state index contributed by atoms with van der Waals surface area (Å²) in [4.78, 5) is 30.1. The van der Waals surface area contributed by atoms with Crippen molar-refractivity contribution in [2.24, 2.45) is 0 Å². The first-order chi connectivity index (χ1) is 18.9. The second kappa shape index (κ2) is 11.5. The number of thiazole rings is 1. The summed E-state index contributed by atoms with van der Waals surface area (Å²) in [7, 11) is 0. The van der Waals surface area contributed by atoms with Crippen molar-refractivity contribution in [2.45, 2.75) is 13.3 Å². The molecule has 0 fully saturated rings. The minimum atomic E-state index is -0.340. The molecular formula is C29H23ClN6O2S. The monoisotopic (exact) mass is 554 g/mol. The van der Waals surface area contributed by atoms with Gasteiger partial charge in [-0.1, -0.05) is 41.4 Å². The Hall–Kier alpha value is -4.52. The number of aryl methyl sites for hydroxylation is 1. The van der Waals surface area contributed by atoms with Gasteiger partial charge in [-0.15, -0.1) is 11.3 Å². The Morgan fingerprint density at radius 1 is 1.03 bits per heavy atom. The quantitative estimate of drug-likeness (QED) is 0.176. The molecule has 194 valence electrons. The van der Waals surface area contributed by atoms with Crippen molar-refractivity contribution in [1.82, 2.24) is 20.1 Å². The maximum absolute atomic E-state index is 13.3. The van der Waals surface area contributed by atoms with E-state index in [0.717, 1.165) is 15.8 Å². The van der Waals surface area contributed by atoms with Crippen LogP contribution >= 0.6 is 22.9 Å². The van der Waals surface area contributed by atoms with Crippen LogP contribution in [0.25, 0.3) is 15.9 Å². The van der Waals surface area contributed by atoms with E-state index in [4.69, 9.17) is 11.6 Å². The predicted octanol–water partition coefficient (Wildman–Crippen LogP) is 5.78. The average molecular weight is 555 g/mol. The molecule has 3 aromatic carbocycles. The van der Waals surface area contributed by atoms with Crippen LogP contribution in [0.2, 0.25) is 5.02 Å². The highest BCUT2D eigenvalue weighted by Gasteiger charge is 2.25. The van der Waals surface area contributed by atoms with Crippen LogP contribution < -0.4 is 10.6 Å².